The minimum atomic E-state index is 0.0581. The van der Waals surface area contributed by atoms with Crippen LogP contribution in [-0.2, 0) is 6.54 Å². The number of aromatic nitrogens is 1. The average molecular weight is 440 g/mol. The highest BCUT2D eigenvalue weighted by Crippen LogP contribution is 2.26. The zero-order valence-electron chi connectivity index (χ0n) is 18.0. The maximum atomic E-state index is 13.2. The Morgan fingerprint density at radius 2 is 1.39 bits per heavy atom. The maximum Gasteiger partial charge on any atom is 0.197 e. The van der Waals surface area contributed by atoms with Crippen LogP contribution in [0.2, 0.25) is 5.02 Å². The first-order chi connectivity index (χ1) is 15.2. The third kappa shape index (κ3) is 4.45. The quantitative estimate of drug-likeness (QED) is 0.512. The van der Waals surface area contributed by atoms with Crippen LogP contribution in [0.5, 0.6) is 5.75 Å². The lowest BCUT2D eigenvalue weighted by Crippen LogP contribution is -2.25. The highest BCUT2D eigenvalue weighted by atomic mass is 35.5. The second-order valence-electron chi connectivity index (χ2n) is 8.77. The van der Waals surface area contributed by atoms with E-state index in [9.17, 15) is 4.79 Å². The molecule has 6 heteroatoms. The van der Waals surface area contributed by atoms with Crippen LogP contribution < -0.4 is 10.2 Å². The van der Waals surface area contributed by atoms with Crippen LogP contribution in [0.15, 0.2) is 41.2 Å². The zero-order chi connectivity index (χ0) is 21.2. The van der Waals surface area contributed by atoms with E-state index in [-0.39, 0.29) is 5.43 Å². The molecule has 31 heavy (non-hydrogen) atoms. The smallest absolute Gasteiger partial charge is 0.197 e. The SMILES string of the molecule is O=c1c2ccc(Cl)cc2n(CCN2CCCC2)c2cc(OCCN3CCCC3)ccc12. The number of ether oxygens (including phenoxy) is 1. The normalized spacial score (nSPS) is 17.8. The van der Waals surface area contributed by atoms with Gasteiger partial charge in [-0.2, -0.15) is 0 Å². The number of pyridine rings is 1. The summed E-state index contributed by atoms with van der Waals surface area (Å²) in [6.07, 6.45) is 5.11. The molecule has 1 aromatic heterocycles. The van der Waals surface area contributed by atoms with Gasteiger partial charge in [-0.3, -0.25) is 9.69 Å². The van der Waals surface area contributed by atoms with Gasteiger partial charge in [0.05, 0.1) is 11.0 Å². The summed E-state index contributed by atoms with van der Waals surface area (Å²) in [5, 5.41) is 2.11. The van der Waals surface area contributed by atoms with Crippen LogP contribution in [0.25, 0.3) is 21.8 Å². The number of hydrogen-bond donors (Lipinski definition) is 0. The van der Waals surface area contributed by atoms with Crippen molar-refractivity contribution < 1.29 is 4.74 Å². The van der Waals surface area contributed by atoms with Gasteiger partial charge >= 0.3 is 0 Å². The molecule has 0 saturated carbocycles. The number of hydrogen-bond acceptors (Lipinski definition) is 4. The monoisotopic (exact) mass is 439 g/mol. The third-order valence-corrected chi connectivity index (χ3v) is 6.95. The fraction of sp³-hybridized carbons (Fsp3) is 0.480. The Morgan fingerprint density at radius 3 is 2.10 bits per heavy atom. The lowest BCUT2D eigenvalue weighted by Gasteiger charge is -2.20. The summed E-state index contributed by atoms with van der Waals surface area (Å²) >= 11 is 6.33. The topological polar surface area (TPSA) is 37.7 Å². The van der Waals surface area contributed by atoms with Crippen molar-refractivity contribution >= 4 is 33.4 Å². The molecule has 0 spiro atoms. The Balaban J connectivity index is 1.50. The summed E-state index contributed by atoms with van der Waals surface area (Å²) in [5.74, 6) is 0.822. The van der Waals surface area contributed by atoms with Crippen molar-refractivity contribution in [1.82, 2.24) is 14.4 Å². The average Bonchev–Trinajstić information content (AvgIpc) is 3.48. The first-order valence-corrected chi connectivity index (χ1v) is 11.9. The zero-order valence-corrected chi connectivity index (χ0v) is 18.7. The van der Waals surface area contributed by atoms with Gasteiger partial charge in [-0.05, 0) is 82.2 Å². The molecule has 0 aliphatic carbocycles. The van der Waals surface area contributed by atoms with Crippen molar-refractivity contribution in [3.8, 4) is 5.75 Å². The van der Waals surface area contributed by atoms with Crippen molar-refractivity contribution in [3.63, 3.8) is 0 Å². The van der Waals surface area contributed by atoms with Gasteiger partial charge in [-0.25, -0.2) is 0 Å². The van der Waals surface area contributed by atoms with E-state index >= 15 is 0 Å². The summed E-state index contributed by atoms with van der Waals surface area (Å²) in [7, 11) is 0. The predicted molar refractivity (Wildman–Crippen MR) is 128 cm³/mol. The van der Waals surface area contributed by atoms with Gasteiger partial charge in [0.2, 0.25) is 0 Å². The Labute approximate surface area is 188 Å². The number of halogens is 1. The molecule has 2 aliphatic heterocycles. The van der Waals surface area contributed by atoms with Crippen molar-refractivity contribution in [1.29, 1.82) is 0 Å². The second-order valence-corrected chi connectivity index (χ2v) is 9.20. The maximum absolute atomic E-state index is 13.2. The van der Waals surface area contributed by atoms with Crippen LogP contribution in [0.3, 0.4) is 0 Å². The van der Waals surface area contributed by atoms with E-state index in [1.54, 1.807) is 6.07 Å². The lowest BCUT2D eigenvalue weighted by atomic mass is 10.1. The van der Waals surface area contributed by atoms with E-state index in [1.807, 2.05) is 30.3 Å². The van der Waals surface area contributed by atoms with Crippen molar-refractivity contribution in [2.45, 2.75) is 32.2 Å². The summed E-state index contributed by atoms with van der Waals surface area (Å²) < 4.78 is 8.34. The van der Waals surface area contributed by atoms with E-state index in [4.69, 9.17) is 16.3 Å². The Bertz CT molecular complexity index is 1130. The number of rotatable bonds is 7. The van der Waals surface area contributed by atoms with E-state index in [0.717, 1.165) is 60.3 Å². The van der Waals surface area contributed by atoms with Gasteiger partial charge < -0.3 is 14.2 Å². The van der Waals surface area contributed by atoms with Gasteiger partial charge in [0, 0.05) is 41.5 Å². The predicted octanol–water partition coefficient (Wildman–Crippen LogP) is 4.38. The minimum Gasteiger partial charge on any atom is -0.492 e. The molecule has 0 atom stereocenters. The Kier molecular flexibility index (Phi) is 6.17. The van der Waals surface area contributed by atoms with E-state index in [2.05, 4.69) is 14.4 Å². The highest BCUT2D eigenvalue weighted by Gasteiger charge is 2.16. The molecule has 0 amide bonds. The van der Waals surface area contributed by atoms with Gasteiger partial charge in [0.1, 0.15) is 12.4 Å². The van der Waals surface area contributed by atoms with Gasteiger partial charge in [0.25, 0.3) is 0 Å². The molecular formula is C25H30ClN3O2. The molecule has 0 radical (unpaired) electrons. The third-order valence-electron chi connectivity index (χ3n) is 6.71. The molecule has 2 aliphatic rings. The van der Waals surface area contributed by atoms with Crippen LogP contribution in [0.1, 0.15) is 25.7 Å². The molecule has 5 nitrogen and oxygen atoms in total. The van der Waals surface area contributed by atoms with E-state index in [1.165, 1.54) is 38.8 Å². The Morgan fingerprint density at radius 1 is 0.774 bits per heavy atom. The summed E-state index contributed by atoms with van der Waals surface area (Å²) in [6, 6.07) is 11.5. The van der Waals surface area contributed by atoms with Crippen molar-refractivity contribution in [2.24, 2.45) is 0 Å². The second kappa shape index (κ2) is 9.19. The van der Waals surface area contributed by atoms with Crippen LogP contribution in [-0.4, -0.2) is 60.2 Å². The minimum absolute atomic E-state index is 0.0581. The summed E-state index contributed by atoms with van der Waals surface area (Å²) in [6.45, 7) is 8.07. The molecule has 2 aromatic carbocycles. The molecule has 0 N–H and O–H groups in total. The Hall–Kier alpha value is -2.08. The van der Waals surface area contributed by atoms with Crippen LogP contribution in [0, 0.1) is 0 Å². The van der Waals surface area contributed by atoms with Gasteiger partial charge in [-0.1, -0.05) is 11.6 Å². The number of fused-ring (bicyclic) bond motifs is 2. The molecule has 164 valence electrons. The fourth-order valence-electron chi connectivity index (χ4n) is 5.00. The standard InChI is InChI=1S/C25H30ClN3O2/c26-19-5-7-21-23(17-19)29(14-13-27-9-1-2-10-27)24-18-20(6-8-22(24)25(21)30)31-16-15-28-11-3-4-12-28/h5-8,17-18H,1-4,9-16H2. The molecular weight excluding hydrogens is 410 g/mol. The molecule has 3 heterocycles. The van der Waals surface area contributed by atoms with Gasteiger partial charge in [0.15, 0.2) is 5.43 Å². The van der Waals surface area contributed by atoms with E-state index < -0.39 is 0 Å². The summed E-state index contributed by atoms with van der Waals surface area (Å²) in [4.78, 5) is 18.1. The van der Waals surface area contributed by atoms with Crippen molar-refractivity contribution in [2.75, 3.05) is 45.9 Å². The van der Waals surface area contributed by atoms with Crippen LogP contribution in [0.4, 0.5) is 0 Å². The fourth-order valence-corrected chi connectivity index (χ4v) is 5.17. The molecule has 2 fully saturated rings. The van der Waals surface area contributed by atoms with Crippen molar-refractivity contribution in [3.05, 3.63) is 51.6 Å². The van der Waals surface area contributed by atoms with Crippen LogP contribution >= 0.6 is 11.6 Å². The molecule has 5 rings (SSSR count). The first kappa shape index (κ1) is 20.8. The first-order valence-electron chi connectivity index (χ1n) is 11.5. The molecule has 3 aromatic rings. The molecule has 0 unspecified atom stereocenters. The number of nitrogens with zero attached hydrogens (tertiary/aromatic N) is 3. The number of benzene rings is 2. The molecule has 2 saturated heterocycles. The summed E-state index contributed by atoms with van der Waals surface area (Å²) in [5.41, 5.74) is 1.89. The number of likely N-dealkylation sites (tertiary alicyclic amines) is 2. The van der Waals surface area contributed by atoms with Gasteiger partial charge in [-0.15, -0.1) is 0 Å². The largest absolute Gasteiger partial charge is 0.492 e. The highest BCUT2D eigenvalue weighted by molar-refractivity contribution is 6.31. The molecule has 0 bridgehead atoms. The van der Waals surface area contributed by atoms with E-state index in [0.29, 0.717) is 11.6 Å². The lowest BCUT2D eigenvalue weighted by molar-refractivity contribution is 0.238.